The van der Waals surface area contributed by atoms with Gasteiger partial charge in [0.2, 0.25) is 0 Å². The minimum Gasteiger partial charge on any atom is -0.444 e. The Morgan fingerprint density at radius 2 is 2.22 bits per heavy atom. The van der Waals surface area contributed by atoms with E-state index in [2.05, 4.69) is 12.2 Å². The number of nitrogens with one attached hydrogen (secondary N) is 1. The number of nitrogens with zero attached hydrogens (tertiary/aromatic N) is 1. The molecule has 1 saturated heterocycles. The Morgan fingerprint density at radius 1 is 1.48 bits per heavy atom. The predicted octanol–water partition coefficient (Wildman–Crippen LogP) is 4.38. The summed E-state index contributed by atoms with van der Waals surface area (Å²) < 4.78 is 26.1. The van der Waals surface area contributed by atoms with Crippen molar-refractivity contribution in [2.24, 2.45) is 10.9 Å². The van der Waals surface area contributed by atoms with Crippen LogP contribution < -0.4 is 5.32 Å². The first-order valence-corrected chi connectivity index (χ1v) is 10.2. The van der Waals surface area contributed by atoms with E-state index in [0.717, 1.165) is 12.0 Å². The van der Waals surface area contributed by atoms with Crippen molar-refractivity contribution in [3.05, 3.63) is 35.1 Å². The Bertz CT molecular complexity index is 762. The Hall–Kier alpha value is -1.60. The maximum atomic E-state index is 14.8. The van der Waals surface area contributed by atoms with Crippen LogP contribution in [-0.4, -0.2) is 35.3 Å². The van der Waals surface area contributed by atoms with E-state index >= 15 is 0 Å². The van der Waals surface area contributed by atoms with Crippen molar-refractivity contribution < 1.29 is 18.7 Å². The molecular weight excluding hydrogens is 367 g/mol. The van der Waals surface area contributed by atoms with Gasteiger partial charge in [0.15, 0.2) is 5.17 Å². The molecule has 1 amide bonds. The zero-order valence-electron chi connectivity index (χ0n) is 16.5. The fourth-order valence-corrected chi connectivity index (χ4v) is 4.88. The number of amidine groups is 1. The molecule has 0 spiro atoms. The van der Waals surface area contributed by atoms with Gasteiger partial charge in [0.25, 0.3) is 0 Å². The van der Waals surface area contributed by atoms with Crippen LogP contribution in [0.25, 0.3) is 0 Å². The minimum atomic E-state index is -0.827. The van der Waals surface area contributed by atoms with Gasteiger partial charge in [-0.15, -0.1) is 0 Å². The van der Waals surface area contributed by atoms with Crippen LogP contribution >= 0.6 is 11.8 Å². The van der Waals surface area contributed by atoms with Gasteiger partial charge in [-0.1, -0.05) is 36.4 Å². The number of amides is 1. The van der Waals surface area contributed by atoms with Crippen molar-refractivity contribution in [3.63, 3.8) is 0 Å². The summed E-state index contributed by atoms with van der Waals surface area (Å²) in [4.78, 5) is 17.0. The molecule has 5 nitrogen and oxygen atoms in total. The maximum Gasteiger partial charge on any atom is 0.413 e. The smallest absolute Gasteiger partial charge is 0.413 e. The molecule has 2 aliphatic heterocycles. The van der Waals surface area contributed by atoms with Gasteiger partial charge in [-0.05, 0) is 40.2 Å². The first kappa shape index (κ1) is 20.1. The van der Waals surface area contributed by atoms with Crippen LogP contribution in [-0.2, 0) is 15.0 Å². The van der Waals surface area contributed by atoms with Crippen LogP contribution in [0.3, 0.4) is 0 Å². The summed E-state index contributed by atoms with van der Waals surface area (Å²) in [6, 6.07) is 5.07. The summed E-state index contributed by atoms with van der Waals surface area (Å²) in [5.74, 6) is 0.451. The third kappa shape index (κ3) is 4.14. The average Bonchev–Trinajstić information content (AvgIpc) is 2.94. The highest BCUT2D eigenvalue weighted by atomic mass is 32.2. The molecule has 148 valence electrons. The summed E-state index contributed by atoms with van der Waals surface area (Å²) in [5.41, 5.74) is 0.0741. The number of carbonyl (C=O) groups is 1. The van der Waals surface area contributed by atoms with Crippen molar-refractivity contribution in [2.75, 3.05) is 12.4 Å². The second-order valence-electron chi connectivity index (χ2n) is 8.13. The molecule has 1 fully saturated rings. The SMILES string of the molecule is CC[C@H]1OC[C@]2(c3cc(C)ccc3F)N=C(NC(=O)OC(C)(C)C)SC[C@H]12. The Morgan fingerprint density at radius 3 is 2.89 bits per heavy atom. The molecule has 0 saturated carbocycles. The van der Waals surface area contributed by atoms with E-state index in [0.29, 0.717) is 23.1 Å². The van der Waals surface area contributed by atoms with E-state index < -0.39 is 17.2 Å². The number of rotatable bonds is 2. The van der Waals surface area contributed by atoms with Gasteiger partial charge in [0.05, 0.1) is 12.7 Å². The number of alkyl carbamates (subject to hydrolysis) is 1. The molecule has 1 aromatic carbocycles. The molecule has 1 N–H and O–H groups in total. The third-order valence-corrected chi connectivity index (χ3v) is 5.87. The van der Waals surface area contributed by atoms with Gasteiger partial charge < -0.3 is 9.47 Å². The van der Waals surface area contributed by atoms with Gasteiger partial charge >= 0.3 is 6.09 Å². The van der Waals surface area contributed by atoms with E-state index in [9.17, 15) is 9.18 Å². The van der Waals surface area contributed by atoms with Gasteiger partial charge in [-0.2, -0.15) is 0 Å². The molecule has 3 rings (SSSR count). The number of halogens is 1. The number of benzene rings is 1. The Kier molecular flexibility index (Phi) is 5.54. The lowest BCUT2D eigenvalue weighted by atomic mass is 9.78. The molecular formula is C20H27FN2O3S. The highest BCUT2D eigenvalue weighted by molar-refractivity contribution is 8.13. The second kappa shape index (κ2) is 7.43. The first-order valence-electron chi connectivity index (χ1n) is 9.25. The van der Waals surface area contributed by atoms with Crippen LogP contribution in [0.1, 0.15) is 45.2 Å². The molecule has 2 aliphatic rings. The molecule has 7 heteroatoms. The zero-order chi connectivity index (χ0) is 19.8. The van der Waals surface area contributed by atoms with Gasteiger partial charge in [0.1, 0.15) is 17.0 Å². The lowest BCUT2D eigenvalue weighted by Gasteiger charge is -2.36. The zero-order valence-corrected chi connectivity index (χ0v) is 17.3. The normalized spacial score (nSPS) is 27.7. The molecule has 0 aromatic heterocycles. The summed E-state index contributed by atoms with van der Waals surface area (Å²) in [5, 5.41) is 3.17. The number of carbonyl (C=O) groups excluding carboxylic acids is 1. The largest absolute Gasteiger partial charge is 0.444 e. The van der Waals surface area contributed by atoms with Crippen molar-refractivity contribution in [2.45, 2.75) is 58.3 Å². The van der Waals surface area contributed by atoms with E-state index in [4.69, 9.17) is 14.5 Å². The maximum absolute atomic E-state index is 14.8. The molecule has 1 aromatic rings. The standard InChI is InChI=1S/C20H27FN2O3S/c1-6-16-14-10-27-17(22-18(24)26-19(3,4)5)23-20(14,11-25-16)13-9-12(2)7-8-15(13)21/h7-9,14,16H,6,10-11H2,1-5H3,(H,22,23,24)/t14-,16-,20-/m1/s1. The summed E-state index contributed by atoms with van der Waals surface area (Å²) in [6.07, 6.45) is 0.298. The van der Waals surface area contributed by atoms with Crippen LogP contribution in [0, 0.1) is 18.7 Å². The average molecular weight is 395 g/mol. The molecule has 0 bridgehead atoms. The molecule has 0 radical (unpaired) electrons. The van der Waals surface area contributed by atoms with Crippen molar-refractivity contribution in [1.82, 2.24) is 5.32 Å². The molecule has 3 atom stereocenters. The fraction of sp³-hybridized carbons (Fsp3) is 0.600. The Balaban J connectivity index is 1.98. The Labute approximate surface area is 164 Å². The van der Waals surface area contributed by atoms with Gasteiger partial charge in [-0.25, -0.2) is 14.2 Å². The number of hydrogen-bond acceptors (Lipinski definition) is 5. The van der Waals surface area contributed by atoms with Crippen LogP contribution in [0.4, 0.5) is 9.18 Å². The molecule has 27 heavy (non-hydrogen) atoms. The van der Waals surface area contributed by atoms with Crippen LogP contribution in [0.5, 0.6) is 0 Å². The summed E-state index contributed by atoms with van der Waals surface area (Å²) >= 11 is 1.45. The molecule has 0 aliphatic carbocycles. The third-order valence-electron chi connectivity index (χ3n) is 4.88. The lowest BCUT2D eigenvalue weighted by molar-refractivity contribution is 0.0564. The number of aryl methyl sites for hydroxylation is 1. The van der Waals surface area contributed by atoms with Crippen molar-refractivity contribution >= 4 is 23.0 Å². The summed E-state index contributed by atoms with van der Waals surface area (Å²) in [6.45, 7) is 9.71. The quantitative estimate of drug-likeness (QED) is 0.809. The highest BCUT2D eigenvalue weighted by Crippen LogP contribution is 2.49. The first-order chi connectivity index (χ1) is 12.6. The lowest BCUT2D eigenvalue weighted by Crippen LogP contribution is -2.45. The van der Waals surface area contributed by atoms with Crippen LogP contribution in [0.2, 0.25) is 0 Å². The van der Waals surface area contributed by atoms with E-state index in [1.807, 2.05) is 13.0 Å². The van der Waals surface area contributed by atoms with E-state index in [1.54, 1.807) is 26.8 Å². The number of hydrogen-bond donors (Lipinski definition) is 1. The molecule has 0 unspecified atom stereocenters. The van der Waals surface area contributed by atoms with Crippen LogP contribution in [0.15, 0.2) is 23.2 Å². The number of thioether (sulfide) groups is 1. The number of aliphatic imine (C=N–C) groups is 1. The van der Waals surface area contributed by atoms with E-state index in [-0.39, 0.29) is 17.8 Å². The highest BCUT2D eigenvalue weighted by Gasteiger charge is 2.53. The van der Waals surface area contributed by atoms with E-state index in [1.165, 1.54) is 17.8 Å². The second-order valence-corrected chi connectivity index (χ2v) is 9.14. The van der Waals surface area contributed by atoms with Crippen molar-refractivity contribution in [1.29, 1.82) is 0 Å². The minimum absolute atomic E-state index is 0.0178. The number of ether oxygens (including phenoxy) is 2. The van der Waals surface area contributed by atoms with Crippen molar-refractivity contribution in [3.8, 4) is 0 Å². The molecule has 2 heterocycles. The van der Waals surface area contributed by atoms with Gasteiger partial charge in [-0.3, -0.25) is 5.32 Å². The monoisotopic (exact) mass is 394 g/mol. The summed E-state index contributed by atoms with van der Waals surface area (Å²) in [7, 11) is 0. The van der Waals surface area contributed by atoms with Gasteiger partial charge in [0, 0.05) is 17.2 Å². The fourth-order valence-electron chi connectivity index (χ4n) is 3.67. The predicted molar refractivity (Wildman–Crippen MR) is 106 cm³/mol. The topological polar surface area (TPSA) is 59.9 Å². The number of fused-ring (bicyclic) bond motifs is 1.